The van der Waals surface area contributed by atoms with Gasteiger partial charge in [0.25, 0.3) is 0 Å². The van der Waals surface area contributed by atoms with E-state index in [0.717, 1.165) is 0 Å². The predicted octanol–water partition coefficient (Wildman–Crippen LogP) is -1.09. The van der Waals surface area contributed by atoms with Crippen molar-refractivity contribution in [2.45, 2.75) is 0 Å². The van der Waals surface area contributed by atoms with Gasteiger partial charge < -0.3 is 15.6 Å². The molecular weight excluding hydrogens is 199 g/mol. The predicted molar refractivity (Wildman–Crippen MR) is 24.6 cm³/mol. The second kappa shape index (κ2) is 5.91. The van der Waals surface area contributed by atoms with Crippen molar-refractivity contribution in [1.29, 1.82) is 0 Å². The van der Waals surface area contributed by atoms with Crippen molar-refractivity contribution in [1.82, 2.24) is 0 Å². The average molecular weight is 203 g/mol. The molecule has 1 amide bonds. The molecule has 0 aliphatic heterocycles. The number of nitrogens with two attached hydrogens (primary N) is 1. The molecule has 0 aromatic rings. The summed E-state index contributed by atoms with van der Waals surface area (Å²) in [6.07, 6.45) is 1.93. The van der Waals surface area contributed by atoms with Crippen molar-refractivity contribution in [2.75, 3.05) is 0 Å². The summed E-state index contributed by atoms with van der Waals surface area (Å²) in [5, 5.41) is 7.75. The van der Waals surface area contributed by atoms with E-state index >= 15 is 0 Å². The summed E-state index contributed by atoms with van der Waals surface area (Å²) >= 11 is 0. The second-order valence-electron chi connectivity index (χ2n) is 1.00. The van der Waals surface area contributed by atoms with Crippen molar-refractivity contribution in [3.05, 3.63) is 12.3 Å². The molecule has 4 nitrogen and oxygen atoms in total. The Morgan fingerprint density at radius 2 is 2.00 bits per heavy atom. The van der Waals surface area contributed by atoms with Gasteiger partial charge in [0.2, 0.25) is 5.91 Å². The van der Waals surface area contributed by atoms with Crippen LogP contribution in [0.4, 0.5) is 0 Å². The van der Waals surface area contributed by atoms with Crippen LogP contribution in [0.15, 0.2) is 6.08 Å². The van der Waals surface area contributed by atoms with Gasteiger partial charge in [-0.1, -0.05) is 6.26 Å². The zero-order valence-electron chi connectivity index (χ0n) is 4.50. The number of aliphatic hydroxyl groups is 1. The summed E-state index contributed by atoms with van der Waals surface area (Å²) in [6, 6.07) is 0. The van der Waals surface area contributed by atoms with E-state index in [1.54, 1.807) is 0 Å². The maximum Gasteiger partial charge on any atom is 0.205 e. The molecule has 0 saturated carbocycles. The molecule has 0 fully saturated rings. The number of ketones is 1. The Kier molecular flexibility index (Phi) is 7.60. The standard InChI is InChI=1S/C4H4NO3.Y/c5-4(8)3(7)1-2-6;/h1,6H,(H2,5,8);/q-1;. The topological polar surface area (TPSA) is 80.4 Å². The number of hydrogen-bond donors (Lipinski definition) is 2. The van der Waals surface area contributed by atoms with Crippen LogP contribution in [0.3, 0.4) is 0 Å². The molecule has 0 aromatic carbocycles. The molecule has 0 bridgehead atoms. The molecule has 0 rings (SSSR count). The van der Waals surface area contributed by atoms with Crippen molar-refractivity contribution in [2.24, 2.45) is 5.73 Å². The minimum absolute atomic E-state index is 0. The molecule has 5 heteroatoms. The van der Waals surface area contributed by atoms with E-state index in [0.29, 0.717) is 6.08 Å². The summed E-state index contributed by atoms with van der Waals surface area (Å²) in [4.78, 5) is 19.8. The van der Waals surface area contributed by atoms with Crippen LogP contribution in [-0.2, 0) is 42.3 Å². The number of primary amides is 1. The van der Waals surface area contributed by atoms with Gasteiger partial charge in [-0.2, -0.15) is 0 Å². The summed E-state index contributed by atoms with van der Waals surface area (Å²) in [5.41, 5.74) is 4.45. The van der Waals surface area contributed by atoms with Crippen LogP contribution >= 0.6 is 0 Å². The fourth-order valence-electron chi connectivity index (χ4n) is 0.130. The van der Waals surface area contributed by atoms with Gasteiger partial charge in [-0.25, -0.2) is 0 Å². The van der Waals surface area contributed by atoms with Crippen molar-refractivity contribution >= 4 is 11.7 Å². The molecule has 9 heavy (non-hydrogen) atoms. The van der Waals surface area contributed by atoms with Gasteiger partial charge >= 0.3 is 0 Å². The molecule has 0 atom stereocenters. The largest absolute Gasteiger partial charge is 0.607 e. The van der Waals surface area contributed by atoms with E-state index in [9.17, 15) is 9.59 Å². The number of rotatable bonds is 2. The molecule has 3 N–H and O–H groups in total. The third-order valence-electron chi connectivity index (χ3n) is 0.438. The second-order valence-corrected chi connectivity index (χ2v) is 1.00. The van der Waals surface area contributed by atoms with Crippen LogP contribution in [0.1, 0.15) is 0 Å². The Balaban J connectivity index is 0. The Morgan fingerprint density at radius 1 is 1.56 bits per heavy atom. The zero-order chi connectivity index (χ0) is 6.57. The maximum atomic E-state index is 9.99. The van der Waals surface area contributed by atoms with Gasteiger partial charge in [-0.15, -0.1) is 6.08 Å². The molecule has 0 spiro atoms. The Bertz CT molecular complexity index is 143. The van der Waals surface area contributed by atoms with Gasteiger partial charge in [-0.05, 0) is 0 Å². The van der Waals surface area contributed by atoms with Crippen LogP contribution < -0.4 is 5.73 Å². The molecule has 47 valence electrons. The van der Waals surface area contributed by atoms with Gasteiger partial charge in [0, 0.05) is 32.7 Å². The van der Waals surface area contributed by atoms with Crippen molar-refractivity contribution in [3.63, 3.8) is 0 Å². The fourth-order valence-corrected chi connectivity index (χ4v) is 0.130. The monoisotopic (exact) mass is 203 g/mol. The first kappa shape index (κ1) is 11.6. The summed E-state index contributed by atoms with van der Waals surface area (Å²) in [6.45, 7) is 0. The Labute approximate surface area is 77.0 Å². The maximum absolute atomic E-state index is 9.99. The first-order valence-corrected chi connectivity index (χ1v) is 1.75. The third kappa shape index (κ3) is 5.66. The molecule has 0 aliphatic carbocycles. The number of aliphatic hydroxyl groups excluding tert-OH is 1. The van der Waals surface area contributed by atoms with E-state index in [-0.39, 0.29) is 32.7 Å². The third-order valence-corrected chi connectivity index (χ3v) is 0.438. The number of hydrogen-bond acceptors (Lipinski definition) is 3. The molecule has 0 aromatic heterocycles. The van der Waals surface area contributed by atoms with Gasteiger partial charge in [0.05, 0.1) is 5.78 Å². The van der Waals surface area contributed by atoms with E-state index in [2.05, 4.69) is 5.73 Å². The van der Waals surface area contributed by atoms with Crippen LogP contribution in [0.2, 0.25) is 0 Å². The molecule has 0 saturated heterocycles. The number of carbonyl (C=O) groups is 2. The van der Waals surface area contributed by atoms with Crippen LogP contribution in [0.5, 0.6) is 0 Å². The Hall–Kier alpha value is -0.216. The quantitative estimate of drug-likeness (QED) is 0.259. The van der Waals surface area contributed by atoms with Crippen LogP contribution in [-0.4, -0.2) is 16.8 Å². The Morgan fingerprint density at radius 3 is 2.11 bits per heavy atom. The van der Waals surface area contributed by atoms with Crippen molar-refractivity contribution < 1.29 is 47.4 Å². The van der Waals surface area contributed by atoms with E-state index < -0.39 is 11.7 Å². The molecule has 0 heterocycles. The van der Waals surface area contributed by atoms with Crippen LogP contribution in [0.25, 0.3) is 0 Å². The van der Waals surface area contributed by atoms with E-state index in [1.807, 2.05) is 0 Å². The molecular formula is C4H4NO3Y-. The first-order valence-electron chi connectivity index (χ1n) is 1.75. The van der Waals surface area contributed by atoms with Gasteiger partial charge in [0.15, 0.2) is 0 Å². The van der Waals surface area contributed by atoms with Gasteiger partial charge in [-0.3, -0.25) is 4.79 Å². The summed E-state index contributed by atoms with van der Waals surface area (Å²) < 4.78 is 0. The smallest absolute Gasteiger partial charge is 0.205 e. The number of amides is 1. The van der Waals surface area contributed by atoms with Gasteiger partial charge in [0.1, 0.15) is 0 Å². The van der Waals surface area contributed by atoms with E-state index in [4.69, 9.17) is 5.11 Å². The number of carbonyl (C=O) groups excluding carboxylic acids is 2. The molecule has 0 aliphatic rings. The minimum Gasteiger partial charge on any atom is -0.607 e. The average Bonchev–Trinajstić information content (AvgIpc) is 1.67. The van der Waals surface area contributed by atoms with Crippen molar-refractivity contribution in [3.8, 4) is 0 Å². The minimum atomic E-state index is -1.11. The van der Waals surface area contributed by atoms with E-state index in [1.165, 1.54) is 6.26 Å². The normalized spacial score (nSPS) is 8.44. The fraction of sp³-hybridized carbons (Fsp3) is 0. The summed E-state index contributed by atoms with van der Waals surface area (Å²) in [7, 11) is 0. The van der Waals surface area contributed by atoms with Crippen LogP contribution in [0, 0.1) is 6.26 Å². The molecule has 0 unspecified atom stereocenters. The first-order chi connectivity index (χ1) is 3.68. The molecule has 1 radical (unpaired) electrons. The zero-order valence-corrected chi connectivity index (χ0v) is 7.33. The SMILES string of the molecule is NC(=O)C(=O)C=[C-]O.[Y]. The summed E-state index contributed by atoms with van der Waals surface area (Å²) in [5.74, 6) is -2.07.